The summed E-state index contributed by atoms with van der Waals surface area (Å²) in [6.07, 6.45) is 5.68. The number of hydrogen-bond donors (Lipinski definition) is 1. The molecule has 0 aliphatic heterocycles. The van der Waals surface area contributed by atoms with E-state index in [1.165, 1.54) is 16.8 Å². The number of benzene rings is 2. The second kappa shape index (κ2) is 8.56. The standard InChI is InChI=1S/C24H26BrN3O/c1-16-24(17(2)28(27-16)22-6-4-5-20(25)14-22)19-9-10-21(13-19)26-15-18-7-11-23(29-3)12-8-18/h4-12,14,19,21,26H,13,15H2,1-3H3/t19-,21-/m1/s1. The summed E-state index contributed by atoms with van der Waals surface area (Å²) in [5, 5.41) is 8.49. The molecule has 1 aliphatic rings. The van der Waals surface area contributed by atoms with Crippen LogP contribution >= 0.6 is 15.9 Å². The van der Waals surface area contributed by atoms with Crippen LogP contribution in [0.5, 0.6) is 5.75 Å². The molecule has 150 valence electrons. The van der Waals surface area contributed by atoms with Gasteiger partial charge in [-0.25, -0.2) is 4.68 Å². The van der Waals surface area contributed by atoms with Gasteiger partial charge in [-0.1, -0.05) is 46.3 Å². The van der Waals surface area contributed by atoms with Crippen molar-refractivity contribution in [2.75, 3.05) is 7.11 Å². The van der Waals surface area contributed by atoms with Gasteiger partial charge in [0.05, 0.1) is 18.5 Å². The highest BCUT2D eigenvalue weighted by atomic mass is 79.9. The summed E-state index contributed by atoms with van der Waals surface area (Å²) in [4.78, 5) is 0. The minimum atomic E-state index is 0.370. The maximum Gasteiger partial charge on any atom is 0.118 e. The van der Waals surface area contributed by atoms with E-state index in [1.54, 1.807) is 7.11 Å². The van der Waals surface area contributed by atoms with Crippen LogP contribution < -0.4 is 10.1 Å². The van der Waals surface area contributed by atoms with Crippen molar-refractivity contribution in [1.82, 2.24) is 15.1 Å². The maximum atomic E-state index is 5.23. The molecule has 1 N–H and O–H groups in total. The van der Waals surface area contributed by atoms with Crippen LogP contribution in [-0.2, 0) is 6.54 Å². The first-order valence-corrected chi connectivity index (χ1v) is 10.7. The van der Waals surface area contributed by atoms with E-state index in [1.807, 2.05) is 24.3 Å². The average molecular weight is 452 g/mol. The van der Waals surface area contributed by atoms with Crippen molar-refractivity contribution < 1.29 is 4.74 Å². The highest BCUT2D eigenvalue weighted by molar-refractivity contribution is 9.10. The van der Waals surface area contributed by atoms with Crippen molar-refractivity contribution in [1.29, 1.82) is 0 Å². The predicted molar refractivity (Wildman–Crippen MR) is 121 cm³/mol. The average Bonchev–Trinajstić information content (AvgIpc) is 3.30. The van der Waals surface area contributed by atoms with Gasteiger partial charge in [0.2, 0.25) is 0 Å². The number of rotatable bonds is 6. The molecule has 4 nitrogen and oxygen atoms in total. The van der Waals surface area contributed by atoms with Gasteiger partial charge in [-0.05, 0) is 56.2 Å². The lowest BCUT2D eigenvalue weighted by molar-refractivity contribution is 0.414. The third-order valence-electron chi connectivity index (χ3n) is 5.58. The quantitative estimate of drug-likeness (QED) is 0.505. The Kier molecular flexibility index (Phi) is 5.88. The van der Waals surface area contributed by atoms with Crippen molar-refractivity contribution >= 4 is 15.9 Å². The molecule has 0 fully saturated rings. The molecule has 0 radical (unpaired) electrons. The normalized spacial score (nSPS) is 18.3. The fraction of sp³-hybridized carbons (Fsp3) is 0.292. The van der Waals surface area contributed by atoms with E-state index in [-0.39, 0.29) is 0 Å². The van der Waals surface area contributed by atoms with Crippen LogP contribution in [0.4, 0.5) is 0 Å². The zero-order valence-electron chi connectivity index (χ0n) is 17.0. The molecule has 0 unspecified atom stereocenters. The van der Waals surface area contributed by atoms with E-state index in [4.69, 9.17) is 9.84 Å². The van der Waals surface area contributed by atoms with E-state index in [0.29, 0.717) is 12.0 Å². The van der Waals surface area contributed by atoms with Gasteiger partial charge < -0.3 is 10.1 Å². The molecular formula is C24H26BrN3O. The molecule has 1 aliphatic carbocycles. The Balaban J connectivity index is 1.44. The third kappa shape index (κ3) is 4.31. The summed E-state index contributed by atoms with van der Waals surface area (Å²) in [5.74, 6) is 1.28. The minimum absolute atomic E-state index is 0.370. The molecule has 5 heteroatoms. The predicted octanol–water partition coefficient (Wildman–Crippen LogP) is 5.46. The zero-order chi connectivity index (χ0) is 20.4. The van der Waals surface area contributed by atoms with Gasteiger partial charge in [0.25, 0.3) is 0 Å². The Morgan fingerprint density at radius 2 is 1.93 bits per heavy atom. The molecule has 1 aromatic heterocycles. The van der Waals surface area contributed by atoms with Gasteiger partial charge in [-0.2, -0.15) is 5.10 Å². The van der Waals surface area contributed by atoms with Crippen LogP contribution in [0.25, 0.3) is 5.69 Å². The molecule has 0 amide bonds. The van der Waals surface area contributed by atoms with Crippen molar-refractivity contribution in [2.24, 2.45) is 0 Å². The molecule has 2 atom stereocenters. The second-order valence-corrected chi connectivity index (χ2v) is 8.45. The number of aryl methyl sites for hydroxylation is 1. The Hall–Kier alpha value is -2.37. The summed E-state index contributed by atoms with van der Waals surface area (Å²) in [7, 11) is 1.69. The first-order chi connectivity index (χ1) is 14.0. The van der Waals surface area contributed by atoms with Gasteiger partial charge in [-0.15, -0.1) is 0 Å². The number of nitrogens with zero attached hydrogens (tertiary/aromatic N) is 2. The van der Waals surface area contributed by atoms with Crippen LogP contribution in [0.3, 0.4) is 0 Å². The first-order valence-electron chi connectivity index (χ1n) is 9.92. The molecule has 0 bridgehead atoms. The van der Waals surface area contributed by atoms with Crippen molar-refractivity contribution in [3.8, 4) is 11.4 Å². The van der Waals surface area contributed by atoms with E-state index in [0.717, 1.165) is 34.6 Å². The van der Waals surface area contributed by atoms with E-state index in [2.05, 4.69) is 76.2 Å². The number of aromatic nitrogens is 2. The highest BCUT2D eigenvalue weighted by Crippen LogP contribution is 2.34. The van der Waals surface area contributed by atoms with Gasteiger partial charge >= 0.3 is 0 Å². The van der Waals surface area contributed by atoms with Crippen LogP contribution in [0.1, 0.15) is 34.9 Å². The third-order valence-corrected chi connectivity index (χ3v) is 6.08. The first kappa shape index (κ1) is 19.9. The lowest BCUT2D eigenvalue weighted by Crippen LogP contribution is -2.25. The maximum absolute atomic E-state index is 5.23. The Morgan fingerprint density at radius 1 is 1.14 bits per heavy atom. The van der Waals surface area contributed by atoms with Crippen molar-refractivity contribution in [3.63, 3.8) is 0 Å². The number of methoxy groups -OCH3 is 1. The lowest BCUT2D eigenvalue weighted by Gasteiger charge is -2.15. The highest BCUT2D eigenvalue weighted by Gasteiger charge is 2.26. The molecule has 3 aromatic rings. The fourth-order valence-corrected chi connectivity index (χ4v) is 4.49. The molecule has 2 aromatic carbocycles. The molecule has 1 heterocycles. The number of hydrogen-bond acceptors (Lipinski definition) is 3. The Morgan fingerprint density at radius 3 is 2.66 bits per heavy atom. The molecule has 0 saturated heterocycles. The van der Waals surface area contributed by atoms with E-state index in [9.17, 15) is 0 Å². The fourth-order valence-electron chi connectivity index (χ4n) is 4.11. The van der Waals surface area contributed by atoms with E-state index < -0.39 is 0 Å². The summed E-state index contributed by atoms with van der Waals surface area (Å²) in [6, 6.07) is 16.9. The van der Waals surface area contributed by atoms with Crippen molar-refractivity contribution in [3.05, 3.63) is 87.7 Å². The van der Waals surface area contributed by atoms with Gasteiger partial charge in [0, 0.05) is 34.2 Å². The minimum Gasteiger partial charge on any atom is -0.497 e. The van der Waals surface area contributed by atoms with Crippen LogP contribution in [0.15, 0.2) is 65.2 Å². The smallest absolute Gasteiger partial charge is 0.118 e. The molecule has 29 heavy (non-hydrogen) atoms. The topological polar surface area (TPSA) is 39.1 Å². The van der Waals surface area contributed by atoms with Gasteiger partial charge in [-0.3, -0.25) is 0 Å². The van der Waals surface area contributed by atoms with Crippen LogP contribution in [0, 0.1) is 13.8 Å². The summed E-state index contributed by atoms with van der Waals surface area (Å²) in [6.45, 7) is 5.13. The zero-order valence-corrected chi connectivity index (χ0v) is 18.6. The summed E-state index contributed by atoms with van der Waals surface area (Å²) < 4.78 is 8.35. The lowest BCUT2D eigenvalue weighted by atomic mass is 9.96. The number of allylic oxidation sites excluding steroid dienone is 1. The monoisotopic (exact) mass is 451 g/mol. The van der Waals surface area contributed by atoms with Crippen LogP contribution in [0.2, 0.25) is 0 Å². The Labute approximate surface area is 180 Å². The van der Waals surface area contributed by atoms with Crippen LogP contribution in [-0.4, -0.2) is 22.9 Å². The SMILES string of the molecule is COc1ccc(CN[C@@H]2C=C[C@@H](c3c(C)nn(-c4cccc(Br)c4)c3C)C2)cc1. The largest absolute Gasteiger partial charge is 0.497 e. The van der Waals surface area contributed by atoms with Crippen molar-refractivity contribution in [2.45, 2.75) is 38.8 Å². The molecule has 4 rings (SSSR count). The number of halogens is 1. The van der Waals surface area contributed by atoms with Gasteiger partial charge in [0.15, 0.2) is 0 Å². The summed E-state index contributed by atoms with van der Waals surface area (Å²) in [5.41, 5.74) is 6.01. The van der Waals surface area contributed by atoms with Gasteiger partial charge in [0.1, 0.15) is 5.75 Å². The molecular weight excluding hydrogens is 426 g/mol. The number of ether oxygens (including phenoxy) is 1. The summed E-state index contributed by atoms with van der Waals surface area (Å²) >= 11 is 3.56. The number of nitrogens with one attached hydrogen (secondary N) is 1. The molecule has 0 saturated carbocycles. The van der Waals surface area contributed by atoms with E-state index >= 15 is 0 Å². The Bertz CT molecular complexity index is 1020. The second-order valence-electron chi connectivity index (χ2n) is 7.54. The molecule has 0 spiro atoms.